The maximum absolute atomic E-state index is 13.2. The standard InChI is InChI=1S/C26H25N3OS2/c30-32(31,26-13-7-12-23-20-28-17-15-25(23)26)29-19-18-27-16-14-24(21-8-3-1-4-9-21)22-10-5-2-6-11-22/h1-15,17,20,27,29H,16,18-19H2. The molecule has 0 aliphatic carbocycles. The highest BCUT2D eigenvalue weighted by atomic mass is 32.8. The lowest BCUT2D eigenvalue weighted by Gasteiger charge is -2.13. The monoisotopic (exact) mass is 459 g/mol. The van der Waals surface area contributed by atoms with Gasteiger partial charge in [0.2, 0.25) is 0 Å². The van der Waals surface area contributed by atoms with Gasteiger partial charge in [0.15, 0.2) is 0 Å². The van der Waals surface area contributed by atoms with Crippen molar-refractivity contribution in [3.63, 3.8) is 0 Å². The van der Waals surface area contributed by atoms with Gasteiger partial charge in [-0.3, -0.25) is 4.98 Å². The zero-order chi connectivity index (χ0) is 22.2. The Hall–Kier alpha value is -2.90. The molecule has 0 spiro atoms. The molecule has 1 atom stereocenters. The van der Waals surface area contributed by atoms with Crippen molar-refractivity contribution < 1.29 is 4.21 Å². The molecule has 4 rings (SSSR count). The third kappa shape index (κ3) is 5.47. The molecule has 0 fully saturated rings. The Morgan fingerprint density at radius 2 is 1.56 bits per heavy atom. The van der Waals surface area contributed by atoms with Crippen LogP contribution in [0.5, 0.6) is 0 Å². The minimum absolute atomic E-state index is 0.504. The predicted molar refractivity (Wildman–Crippen MR) is 136 cm³/mol. The molecule has 0 saturated heterocycles. The van der Waals surface area contributed by atoms with E-state index in [1.165, 1.54) is 16.7 Å². The van der Waals surface area contributed by atoms with Crippen molar-refractivity contribution in [2.75, 3.05) is 19.6 Å². The van der Waals surface area contributed by atoms with Gasteiger partial charge >= 0.3 is 0 Å². The number of hydrogen-bond donors (Lipinski definition) is 2. The molecule has 6 heteroatoms. The molecule has 4 nitrogen and oxygen atoms in total. The van der Waals surface area contributed by atoms with Gasteiger partial charge in [-0.1, -0.05) is 78.9 Å². The Morgan fingerprint density at radius 3 is 2.25 bits per heavy atom. The second-order valence-electron chi connectivity index (χ2n) is 7.30. The molecule has 1 aromatic heterocycles. The summed E-state index contributed by atoms with van der Waals surface area (Å²) in [5.74, 6) is 0. The van der Waals surface area contributed by atoms with E-state index in [-0.39, 0.29) is 0 Å². The van der Waals surface area contributed by atoms with Crippen LogP contribution in [0.1, 0.15) is 11.1 Å². The number of aromatic nitrogens is 1. The van der Waals surface area contributed by atoms with Gasteiger partial charge in [-0.05, 0) is 28.8 Å². The molecule has 0 aliphatic heterocycles. The summed E-state index contributed by atoms with van der Waals surface area (Å²) in [4.78, 5) is 4.77. The topological polar surface area (TPSA) is 54.0 Å². The van der Waals surface area contributed by atoms with Crippen molar-refractivity contribution in [2.24, 2.45) is 0 Å². The van der Waals surface area contributed by atoms with Crippen LogP contribution < -0.4 is 10.0 Å². The van der Waals surface area contributed by atoms with Gasteiger partial charge in [0.25, 0.3) is 0 Å². The van der Waals surface area contributed by atoms with Crippen LogP contribution >= 0.6 is 0 Å². The van der Waals surface area contributed by atoms with Gasteiger partial charge in [-0.15, -0.1) is 0 Å². The summed E-state index contributed by atoms with van der Waals surface area (Å²) in [5.41, 5.74) is 3.54. The molecular weight excluding hydrogens is 434 g/mol. The maximum Gasteiger partial charge on any atom is 0.119 e. The van der Waals surface area contributed by atoms with E-state index in [0.717, 1.165) is 10.8 Å². The average Bonchev–Trinajstić information content (AvgIpc) is 2.84. The lowest BCUT2D eigenvalue weighted by Crippen LogP contribution is -2.31. The summed E-state index contributed by atoms with van der Waals surface area (Å²) >= 11 is 5.44. The molecule has 0 radical (unpaired) electrons. The van der Waals surface area contributed by atoms with E-state index in [2.05, 4.69) is 45.4 Å². The SMILES string of the molecule is O=S(=S)(NCCNCC=C(c1ccccc1)c1ccccc1)c1cccc2cnccc12. The largest absolute Gasteiger partial charge is 0.312 e. The van der Waals surface area contributed by atoms with Crippen LogP contribution in [0.25, 0.3) is 16.3 Å². The molecule has 3 aromatic carbocycles. The van der Waals surface area contributed by atoms with E-state index >= 15 is 0 Å². The number of benzene rings is 3. The van der Waals surface area contributed by atoms with Gasteiger partial charge in [0.05, 0.1) is 4.90 Å². The second kappa shape index (κ2) is 10.6. The number of fused-ring (bicyclic) bond motifs is 1. The van der Waals surface area contributed by atoms with E-state index in [1.807, 2.05) is 60.7 Å². The van der Waals surface area contributed by atoms with Gasteiger partial charge < -0.3 is 5.32 Å². The zero-order valence-corrected chi connectivity index (χ0v) is 19.2. The quantitative estimate of drug-likeness (QED) is 0.360. The highest BCUT2D eigenvalue weighted by molar-refractivity contribution is 8.31. The van der Waals surface area contributed by atoms with Crippen LogP contribution in [0.3, 0.4) is 0 Å². The molecule has 32 heavy (non-hydrogen) atoms. The summed E-state index contributed by atoms with van der Waals surface area (Å²) in [6.07, 6.45) is 5.64. The molecule has 0 bridgehead atoms. The fourth-order valence-electron chi connectivity index (χ4n) is 3.59. The van der Waals surface area contributed by atoms with E-state index in [9.17, 15) is 4.21 Å². The van der Waals surface area contributed by atoms with Gasteiger partial charge in [0, 0.05) is 54.0 Å². The van der Waals surface area contributed by atoms with E-state index in [0.29, 0.717) is 24.5 Å². The van der Waals surface area contributed by atoms with Gasteiger partial charge in [0.1, 0.15) is 8.68 Å². The molecular formula is C26H25N3OS2. The van der Waals surface area contributed by atoms with Crippen LogP contribution in [0.15, 0.2) is 108 Å². The molecule has 0 amide bonds. The maximum atomic E-state index is 13.2. The first kappa shape index (κ1) is 22.3. The lowest BCUT2D eigenvalue weighted by molar-refractivity contribution is 0.662. The first-order valence-corrected chi connectivity index (χ1v) is 13.0. The Bertz CT molecular complexity index is 1260. The number of hydrogen-bond acceptors (Lipinski definition) is 4. The second-order valence-corrected chi connectivity index (χ2v) is 10.4. The number of rotatable bonds is 9. The number of pyridine rings is 1. The average molecular weight is 460 g/mol. The first-order valence-electron chi connectivity index (χ1n) is 10.5. The van der Waals surface area contributed by atoms with Crippen molar-refractivity contribution in [1.29, 1.82) is 0 Å². The van der Waals surface area contributed by atoms with Crippen LogP contribution in [-0.2, 0) is 19.9 Å². The van der Waals surface area contributed by atoms with E-state index in [1.54, 1.807) is 12.4 Å². The minimum atomic E-state index is -2.78. The summed E-state index contributed by atoms with van der Waals surface area (Å²) in [5, 5.41) is 5.20. The normalized spacial score (nSPS) is 12.9. The molecule has 1 heterocycles. The Morgan fingerprint density at radius 1 is 0.875 bits per heavy atom. The smallest absolute Gasteiger partial charge is 0.119 e. The fraction of sp³-hybridized carbons (Fsp3) is 0.115. The third-order valence-electron chi connectivity index (χ3n) is 5.14. The summed E-state index contributed by atoms with van der Waals surface area (Å²) in [6.45, 7) is 1.84. The minimum Gasteiger partial charge on any atom is -0.312 e. The van der Waals surface area contributed by atoms with Crippen LogP contribution in [-0.4, -0.2) is 28.8 Å². The van der Waals surface area contributed by atoms with Crippen molar-refractivity contribution >= 4 is 36.2 Å². The van der Waals surface area contributed by atoms with Gasteiger partial charge in [-0.25, -0.2) is 8.93 Å². The molecule has 1 unspecified atom stereocenters. The Balaban J connectivity index is 1.37. The number of nitrogens with one attached hydrogen (secondary N) is 2. The third-order valence-corrected chi connectivity index (χ3v) is 7.56. The Labute approximate surface area is 194 Å². The molecule has 0 aliphatic rings. The van der Waals surface area contributed by atoms with E-state index < -0.39 is 8.68 Å². The fourth-order valence-corrected chi connectivity index (χ4v) is 5.54. The summed E-state index contributed by atoms with van der Waals surface area (Å²) in [6, 6.07) is 28.2. The number of nitrogens with zero attached hydrogens (tertiary/aromatic N) is 1. The van der Waals surface area contributed by atoms with E-state index in [4.69, 9.17) is 11.2 Å². The molecule has 0 saturated carbocycles. The zero-order valence-electron chi connectivity index (χ0n) is 17.6. The van der Waals surface area contributed by atoms with Crippen molar-refractivity contribution in [1.82, 2.24) is 15.0 Å². The van der Waals surface area contributed by atoms with Crippen LogP contribution in [0.4, 0.5) is 0 Å². The lowest BCUT2D eigenvalue weighted by atomic mass is 9.98. The molecule has 162 valence electrons. The first-order chi connectivity index (χ1) is 15.6. The van der Waals surface area contributed by atoms with Crippen LogP contribution in [0, 0.1) is 0 Å². The summed E-state index contributed by atoms with van der Waals surface area (Å²) in [7, 11) is -2.78. The molecule has 4 aromatic rings. The van der Waals surface area contributed by atoms with Crippen molar-refractivity contribution in [3.05, 3.63) is 115 Å². The van der Waals surface area contributed by atoms with Crippen LogP contribution in [0.2, 0.25) is 0 Å². The van der Waals surface area contributed by atoms with Gasteiger partial charge in [-0.2, -0.15) is 0 Å². The van der Waals surface area contributed by atoms with Crippen molar-refractivity contribution in [3.8, 4) is 0 Å². The predicted octanol–water partition coefficient (Wildman–Crippen LogP) is 4.57. The van der Waals surface area contributed by atoms with Crippen molar-refractivity contribution in [2.45, 2.75) is 4.90 Å². The highest BCUT2D eigenvalue weighted by Crippen LogP contribution is 2.23. The molecule has 2 N–H and O–H groups in total. The Kier molecular flexibility index (Phi) is 7.39. The summed E-state index contributed by atoms with van der Waals surface area (Å²) < 4.78 is 16.2. The highest BCUT2D eigenvalue weighted by Gasteiger charge is 2.12.